The van der Waals surface area contributed by atoms with E-state index in [1.165, 1.54) is 0 Å². The van der Waals surface area contributed by atoms with Crippen molar-refractivity contribution < 1.29 is 4.79 Å². The molecule has 1 N–H and O–H groups in total. The van der Waals surface area contributed by atoms with Crippen molar-refractivity contribution in [2.75, 3.05) is 6.54 Å². The van der Waals surface area contributed by atoms with Gasteiger partial charge in [0.15, 0.2) is 0 Å². The molecule has 0 aliphatic carbocycles. The Bertz CT molecular complexity index is 194. The number of hydrogen-bond acceptors (Lipinski definition) is 2. The van der Waals surface area contributed by atoms with Crippen LogP contribution in [0.2, 0.25) is 0 Å². The molecule has 1 saturated heterocycles. The molecule has 3 heteroatoms. The van der Waals surface area contributed by atoms with Gasteiger partial charge in [-0.1, -0.05) is 26.7 Å². The van der Waals surface area contributed by atoms with Gasteiger partial charge in [0.05, 0.1) is 12.7 Å². The predicted octanol–water partition coefficient (Wildman–Crippen LogP) is 1.73. The van der Waals surface area contributed by atoms with Crippen LogP contribution in [-0.2, 0) is 4.79 Å². The largest absolute Gasteiger partial charge is 0.323 e. The molecule has 0 aromatic rings. The molecular formula is C11H22N2O. The van der Waals surface area contributed by atoms with Crippen LogP contribution < -0.4 is 5.32 Å². The molecule has 0 radical (unpaired) electrons. The van der Waals surface area contributed by atoms with Gasteiger partial charge in [-0.15, -0.1) is 0 Å². The van der Waals surface area contributed by atoms with Crippen LogP contribution in [0, 0.1) is 0 Å². The summed E-state index contributed by atoms with van der Waals surface area (Å²) < 4.78 is 0. The SMILES string of the molecule is CCCC(C)N1C(=O)CNC1CCC. The van der Waals surface area contributed by atoms with Crippen LogP contribution in [0.25, 0.3) is 0 Å². The Labute approximate surface area is 86.9 Å². The molecule has 14 heavy (non-hydrogen) atoms. The molecule has 2 unspecified atom stereocenters. The summed E-state index contributed by atoms with van der Waals surface area (Å²) in [5.74, 6) is 0.268. The van der Waals surface area contributed by atoms with Crippen LogP contribution in [0.4, 0.5) is 0 Å². The van der Waals surface area contributed by atoms with Crippen LogP contribution in [0.3, 0.4) is 0 Å². The van der Waals surface area contributed by atoms with Gasteiger partial charge in [0.1, 0.15) is 0 Å². The minimum Gasteiger partial charge on any atom is -0.323 e. The fraction of sp³-hybridized carbons (Fsp3) is 0.909. The maximum Gasteiger partial charge on any atom is 0.238 e. The summed E-state index contributed by atoms with van der Waals surface area (Å²) in [7, 11) is 0. The van der Waals surface area contributed by atoms with Crippen molar-refractivity contribution in [3.8, 4) is 0 Å². The molecule has 2 atom stereocenters. The number of rotatable bonds is 5. The van der Waals surface area contributed by atoms with Crippen molar-refractivity contribution in [3.63, 3.8) is 0 Å². The molecule has 3 nitrogen and oxygen atoms in total. The molecule has 1 amide bonds. The number of carbonyl (C=O) groups excluding carboxylic acids is 1. The molecule has 1 aliphatic rings. The topological polar surface area (TPSA) is 32.3 Å². The van der Waals surface area contributed by atoms with E-state index in [1.807, 2.05) is 4.90 Å². The maximum absolute atomic E-state index is 11.6. The summed E-state index contributed by atoms with van der Waals surface area (Å²) in [6, 6.07) is 0.388. The summed E-state index contributed by atoms with van der Waals surface area (Å²) in [6.07, 6.45) is 4.73. The van der Waals surface area contributed by atoms with Crippen LogP contribution >= 0.6 is 0 Å². The van der Waals surface area contributed by atoms with Crippen molar-refractivity contribution in [2.45, 2.75) is 58.7 Å². The van der Waals surface area contributed by atoms with Gasteiger partial charge in [0.25, 0.3) is 0 Å². The van der Waals surface area contributed by atoms with Gasteiger partial charge in [-0.3, -0.25) is 10.1 Å². The lowest BCUT2D eigenvalue weighted by molar-refractivity contribution is -0.130. The Morgan fingerprint density at radius 1 is 1.50 bits per heavy atom. The van der Waals surface area contributed by atoms with E-state index < -0.39 is 0 Å². The van der Waals surface area contributed by atoms with Crippen molar-refractivity contribution in [1.82, 2.24) is 10.2 Å². The second-order valence-corrected chi connectivity index (χ2v) is 4.12. The zero-order chi connectivity index (χ0) is 10.6. The van der Waals surface area contributed by atoms with Crippen molar-refractivity contribution >= 4 is 5.91 Å². The molecule has 0 aromatic carbocycles. The highest BCUT2D eigenvalue weighted by atomic mass is 16.2. The van der Waals surface area contributed by atoms with E-state index in [4.69, 9.17) is 0 Å². The normalized spacial score (nSPS) is 24.4. The molecule has 1 heterocycles. The fourth-order valence-corrected chi connectivity index (χ4v) is 2.19. The maximum atomic E-state index is 11.6. The Kier molecular flexibility index (Phi) is 4.39. The second kappa shape index (κ2) is 5.35. The Morgan fingerprint density at radius 3 is 2.79 bits per heavy atom. The third-order valence-electron chi connectivity index (χ3n) is 2.86. The minimum absolute atomic E-state index is 0.268. The van der Waals surface area contributed by atoms with Crippen molar-refractivity contribution in [2.24, 2.45) is 0 Å². The average Bonchev–Trinajstić information content (AvgIpc) is 2.48. The smallest absolute Gasteiger partial charge is 0.238 e. The molecule has 1 fully saturated rings. The monoisotopic (exact) mass is 198 g/mol. The Hall–Kier alpha value is -0.570. The van der Waals surface area contributed by atoms with Crippen molar-refractivity contribution in [3.05, 3.63) is 0 Å². The minimum atomic E-state index is 0.268. The zero-order valence-electron chi connectivity index (χ0n) is 9.55. The highest BCUT2D eigenvalue weighted by Gasteiger charge is 2.32. The van der Waals surface area contributed by atoms with E-state index >= 15 is 0 Å². The highest BCUT2D eigenvalue weighted by Crippen LogP contribution is 2.17. The van der Waals surface area contributed by atoms with Crippen LogP contribution in [-0.4, -0.2) is 29.6 Å². The third kappa shape index (κ3) is 2.47. The Morgan fingerprint density at radius 2 is 2.21 bits per heavy atom. The number of carbonyl (C=O) groups is 1. The lowest BCUT2D eigenvalue weighted by atomic mass is 10.1. The summed E-state index contributed by atoms with van der Waals surface area (Å²) in [5.41, 5.74) is 0. The standard InChI is InChI=1S/C11H22N2O/c1-4-6-9(3)13-10(7-5-2)12-8-11(13)14/h9-10,12H,4-8H2,1-3H3. The molecular weight excluding hydrogens is 176 g/mol. The van der Waals surface area contributed by atoms with E-state index in [0.29, 0.717) is 12.6 Å². The summed E-state index contributed by atoms with van der Waals surface area (Å²) in [4.78, 5) is 13.7. The molecule has 1 rings (SSSR count). The van der Waals surface area contributed by atoms with E-state index in [-0.39, 0.29) is 12.1 Å². The average molecular weight is 198 g/mol. The van der Waals surface area contributed by atoms with E-state index in [2.05, 4.69) is 26.1 Å². The fourth-order valence-electron chi connectivity index (χ4n) is 2.19. The molecule has 1 aliphatic heterocycles. The van der Waals surface area contributed by atoms with E-state index in [9.17, 15) is 4.79 Å². The van der Waals surface area contributed by atoms with Gasteiger partial charge in [-0.05, 0) is 19.8 Å². The van der Waals surface area contributed by atoms with Gasteiger partial charge in [0.2, 0.25) is 5.91 Å². The molecule has 0 aromatic heterocycles. The summed E-state index contributed by atoms with van der Waals surface area (Å²) in [6.45, 7) is 7.00. The van der Waals surface area contributed by atoms with Gasteiger partial charge in [-0.25, -0.2) is 0 Å². The first kappa shape index (κ1) is 11.5. The quantitative estimate of drug-likeness (QED) is 0.729. The van der Waals surface area contributed by atoms with Gasteiger partial charge < -0.3 is 4.90 Å². The lowest BCUT2D eigenvalue weighted by Gasteiger charge is -2.30. The number of nitrogens with zero attached hydrogens (tertiary/aromatic N) is 1. The first-order valence-corrected chi connectivity index (χ1v) is 5.75. The van der Waals surface area contributed by atoms with Gasteiger partial charge in [0, 0.05) is 6.04 Å². The number of nitrogens with one attached hydrogen (secondary N) is 1. The highest BCUT2D eigenvalue weighted by molar-refractivity contribution is 5.80. The summed E-state index contributed by atoms with van der Waals surface area (Å²) >= 11 is 0. The second-order valence-electron chi connectivity index (χ2n) is 4.12. The van der Waals surface area contributed by atoms with Crippen LogP contribution in [0.5, 0.6) is 0 Å². The van der Waals surface area contributed by atoms with Gasteiger partial charge in [-0.2, -0.15) is 0 Å². The zero-order valence-corrected chi connectivity index (χ0v) is 9.55. The predicted molar refractivity (Wildman–Crippen MR) is 57.9 cm³/mol. The molecule has 0 bridgehead atoms. The molecule has 0 saturated carbocycles. The van der Waals surface area contributed by atoms with Crippen molar-refractivity contribution in [1.29, 1.82) is 0 Å². The Balaban J connectivity index is 2.56. The third-order valence-corrected chi connectivity index (χ3v) is 2.86. The number of hydrogen-bond donors (Lipinski definition) is 1. The summed E-state index contributed by atoms with van der Waals surface area (Å²) in [5, 5.41) is 3.27. The first-order chi connectivity index (χ1) is 6.70. The molecule has 0 spiro atoms. The molecule has 82 valence electrons. The first-order valence-electron chi connectivity index (χ1n) is 5.75. The number of amides is 1. The van der Waals surface area contributed by atoms with Crippen LogP contribution in [0.15, 0.2) is 0 Å². The van der Waals surface area contributed by atoms with Gasteiger partial charge >= 0.3 is 0 Å². The lowest BCUT2D eigenvalue weighted by Crippen LogP contribution is -2.43. The van der Waals surface area contributed by atoms with E-state index in [0.717, 1.165) is 25.7 Å². The van der Waals surface area contributed by atoms with E-state index in [1.54, 1.807) is 0 Å². The van der Waals surface area contributed by atoms with Crippen LogP contribution in [0.1, 0.15) is 46.5 Å².